The summed E-state index contributed by atoms with van der Waals surface area (Å²) in [7, 11) is 0. The highest BCUT2D eigenvalue weighted by Crippen LogP contribution is 2.22. The molecule has 4 heterocycles. The van der Waals surface area contributed by atoms with Gasteiger partial charge < -0.3 is 19.7 Å². The number of fused-ring (bicyclic) bond motifs is 1. The van der Waals surface area contributed by atoms with Crippen LogP contribution in [0.4, 0.5) is 4.79 Å². The largest absolute Gasteiger partial charge is 0.341 e. The smallest absolute Gasteiger partial charge is 0.317 e. The Labute approximate surface area is 154 Å². The zero-order valence-corrected chi connectivity index (χ0v) is 15.6. The molecule has 2 fully saturated rings. The van der Waals surface area contributed by atoms with Gasteiger partial charge in [-0.2, -0.15) is 0 Å². The lowest BCUT2D eigenvalue weighted by molar-refractivity contribution is -0.128. The van der Waals surface area contributed by atoms with Crippen molar-refractivity contribution in [3.8, 4) is 0 Å². The molecule has 7 heteroatoms. The minimum atomic E-state index is 0.0339. The number of imidazole rings is 1. The van der Waals surface area contributed by atoms with Crippen LogP contribution in [-0.4, -0.2) is 63.0 Å². The molecule has 1 aromatic rings. The fourth-order valence-electron chi connectivity index (χ4n) is 4.57. The molecule has 1 N–H and O–H groups in total. The molecule has 0 aromatic carbocycles. The maximum Gasteiger partial charge on any atom is 0.317 e. The van der Waals surface area contributed by atoms with Crippen LogP contribution in [0, 0.1) is 6.92 Å². The number of hydrogen-bond donors (Lipinski definition) is 1. The minimum Gasteiger partial charge on any atom is -0.341 e. The number of aryl methyl sites for hydroxylation is 2. The average Bonchev–Trinajstić information content (AvgIpc) is 3.19. The third kappa shape index (κ3) is 3.57. The molecule has 3 amide bonds. The first-order valence-electron chi connectivity index (χ1n) is 9.98. The van der Waals surface area contributed by atoms with Gasteiger partial charge in [-0.3, -0.25) is 4.79 Å². The van der Waals surface area contributed by atoms with Crippen LogP contribution in [0.25, 0.3) is 0 Å². The van der Waals surface area contributed by atoms with E-state index < -0.39 is 0 Å². The fraction of sp³-hybridized carbons (Fsp3) is 0.737. The minimum absolute atomic E-state index is 0.0339. The Hall–Kier alpha value is -2.05. The molecular weight excluding hydrogens is 330 g/mol. The lowest BCUT2D eigenvalue weighted by Gasteiger charge is -2.39. The Balaban J connectivity index is 1.37. The topological polar surface area (TPSA) is 70.5 Å². The van der Waals surface area contributed by atoms with Crippen LogP contribution in [0.3, 0.4) is 0 Å². The second-order valence-electron chi connectivity index (χ2n) is 7.92. The predicted octanol–water partition coefficient (Wildman–Crippen LogP) is 1.69. The van der Waals surface area contributed by atoms with Gasteiger partial charge in [0.15, 0.2) is 0 Å². The van der Waals surface area contributed by atoms with Crippen molar-refractivity contribution in [3.63, 3.8) is 0 Å². The van der Waals surface area contributed by atoms with Gasteiger partial charge in [0, 0.05) is 51.3 Å². The zero-order chi connectivity index (χ0) is 18.1. The first-order valence-corrected chi connectivity index (χ1v) is 9.98. The normalized spacial score (nSPS) is 26.1. The van der Waals surface area contributed by atoms with E-state index in [1.807, 2.05) is 16.7 Å². The molecule has 0 bridgehead atoms. The number of urea groups is 1. The molecule has 0 radical (unpaired) electrons. The molecule has 2 atom stereocenters. The molecule has 0 saturated carbocycles. The van der Waals surface area contributed by atoms with Gasteiger partial charge in [0.1, 0.15) is 5.82 Å². The maximum absolute atomic E-state index is 12.9. The molecule has 0 spiro atoms. The van der Waals surface area contributed by atoms with Crippen LogP contribution < -0.4 is 5.32 Å². The number of carbonyl (C=O) groups is 2. The fourth-order valence-corrected chi connectivity index (χ4v) is 4.57. The second-order valence-corrected chi connectivity index (χ2v) is 7.92. The highest BCUT2D eigenvalue weighted by atomic mass is 16.2. The van der Waals surface area contributed by atoms with Crippen molar-refractivity contribution in [3.05, 3.63) is 17.7 Å². The average molecular weight is 359 g/mol. The summed E-state index contributed by atoms with van der Waals surface area (Å²) in [5, 5.41) is 3.24. The van der Waals surface area contributed by atoms with Gasteiger partial charge in [-0.15, -0.1) is 0 Å². The van der Waals surface area contributed by atoms with Gasteiger partial charge in [0.2, 0.25) is 5.91 Å². The first kappa shape index (κ1) is 17.4. The summed E-state index contributed by atoms with van der Waals surface area (Å²) in [5.41, 5.74) is 1.04. The number of amides is 3. The summed E-state index contributed by atoms with van der Waals surface area (Å²) in [5.74, 6) is 1.36. The molecule has 2 saturated heterocycles. The SMILES string of the molecule is Cc1cn2c(n1)CCC(NC(=O)N1CCCCC1CN1CCCC1=O)C2. The van der Waals surface area contributed by atoms with Crippen molar-refractivity contribution in [1.29, 1.82) is 0 Å². The van der Waals surface area contributed by atoms with Crippen LogP contribution in [0.2, 0.25) is 0 Å². The van der Waals surface area contributed by atoms with Crippen LogP contribution >= 0.6 is 0 Å². The molecular formula is C19H29N5O2. The van der Waals surface area contributed by atoms with Crippen molar-refractivity contribution in [2.24, 2.45) is 0 Å². The van der Waals surface area contributed by atoms with Gasteiger partial charge in [0.05, 0.1) is 11.7 Å². The van der Waals surface area contributed by atoms with E-state index in [4.69, 9.17) is 0 Å². The van der Waals surface area contributed by atoms with E-state index >= 15 is 0 Å². The van der Waals surface area contributed by atoms with Crippen LogP contribution in [0.1, 0.15) is 50.0 Å². The summed E-state index contributed by atoms with van der Waals surface area (Å²) in [4.78, 5) is 33.3. The lowest BCUT2D eigenvalue weighted by Crippen LogP contribution is -2.55. The number of piperidine rings is 1. The summed E-state index contributed by atoms with van der Waals surface area (Å²) in [6, 6.07) is 0.340. The number of nitrogens with one attached hydrogen (secondary N) is 1. The number of carbonyl (C=O) groups excluding carboxylic acids is 2. The van der Waals surface area contributed by atoms with E-state index in [-0.39, 0.29) is 24.0 Å². The van der Waals surface area contributed by atoms with Crippen molar-refractivity contribution in [1.82, 2.24) is 24.7 Å². The standard InChI is InChI=1S/C19H29N5O2/c1-14-11-23-12-15(7-8-17(23)20-14)21-19(26)24-10-3-2-5-16(24)13-22-9-4-6-18(22)25/h11,15-16H,2-10,12-13H2,1H3,(H,21,26). The third-order valence-corrected chi connectivity index (χ3v) is 5.93. The van der Waals surface area contributed by atoms with E-state index in [9.17, 15) is 9.59 Å². The Bertz CT molecular complexity index is 685. The van der Waals surface area contributed by atoms with Crippen molar-refractivity contribution < 1.29 is 9.59 Å². The lowest BCUT2D eigenvalue weighted by atomic mass is 10.0. The summed E-state index contributed by atoms with van der Waals surface area (Å²) < 4.78 is 2.17. The molecule has 2 unspecified atom stereocenters. The Morgan fingerprint density at radius 1 is 1.23 bits per heavy atom. The molecule has 4 rings (SSSR count). The first-order chi connectivity index (χ1) is 12.6. The quantitative estimate of drug-likeness (QED) is 0.893. The van der Waals surface area contributed by atoms with Crippen LogP contribution in [0.5, 0.6) is 0 Å². The van der Waals surface area contributed by atoms with Crippen LogP contribution in [0.15, 0.2) is 6.20 Å². The number of hydrogen-bond acceptors (Lipinski definition) is 3. The molecule has 1 aromatic heterocycles. The van der Waals surface area contributed by atoms with E-state index in [1.54, 1.807) is 0 Å². The maximum atomic E-state index is 12.9. The predicted molar refractivity (Wildman–Crippen MR) is 97.8 cm³/mol. The number of aromatic nitrogens is 2. The molecule has 3 aliphatic heterocycles. The third-order valence-electron chi connectivity index (χ3n) is 5.93. The van der Waals surface area contributed by atoms with Crippen LogP contribution in [-0.2, 0) is 17.8 Å². The van der Waals surface area contributed by atoms with Gasteiger partial charge >= 0.3 is 6.03 Å². The molecule has 26 heavy (non-hydrogen) atoms. The summed E-state index contributed by atoms with van der Waals surface area (Å²) in [6.07, 6.45) is 8.70. The summed E-state index contributed by atoms with van der Waals surface area (Å²) >= 11 is 0. The zero-order valence-electron chi connectivity index (χ0n) is 15.6. The van der Waals surface area contributed by atoms with Crippen molar-refractivity contribution in [2.45, 2.75) is 70.5 Å². The molecule has 7 nitrogen and oxygen atoms in total. The number of likely N-dealkylation sites (tertiary alicyclic amines) is 2. The Morgan fingerprint density at radius 2 is 2.12 bits per heavy atom. The van der Waals surface area contributed by atoms with E-state index in [1.165, 1.54) is 0 Å². The van der Waals surface area contributed by atoms with Crippen molar-refractivity contribution in [2.75, 3.05) is 19.6 Å². The highest BCUT2D eigenvalue weighted by Gasteiger charge is 2.32. The van der Waals surface area contributed by atoms with E-state index in [0.29, 0.717) is 13.0 Å². The Morgan fingerprint density at radius 3 is 2.92 bits per heavy atom. The van der Waals surface area contributed by atoms with Gasteiger partial charge in [-0.25, -0.2) is 9.78 Å². The van der Waals surface area contributed by atoms with Gasteiger partial charge in [0.25, 0.3) is 0 Å². The van der Waals surface area contributed by atoms with Gasteiger partial charge in [-0.05, 0) is 39.0 Å². The number of rotatable bonds is 3. The van der Waals surface area contributed by atoms with Crippen molar-refractivity contribution >= 4 is 11.9 Å². The second kappa shape index (κ2) is 7.29. The van der Waals surface area contributed by atoms with E-state index in [0.717, 1.165) is 69.7 Å². The molecule has 0 aliphatic carbocycles. The number of nitrogens with zero attached hydrogens (tertiary/aromatic N) is 4. The molecule has 142 valence electrons. The molecule has 3 aliphatic rings. The highest BCUT2D eigenvalue weighted by molar-refractivity contribution is 5.78. The van der Waals surface area contributed by atoms with Gasteiger partial charge in [-0.1, -0.05) is 0 Å². The Kier molecular flexibility index (Phi) is 4.87. The summed E-state index contributed by atoms with van der Waals surface area (Å²) in [6.45, 7) is 5.14. The monoisotopic (exact) mass is 359 g/mol. The van der Waals surface area contributed by atoms with E-state index in [2.05, 4.69) is 21.1 Å².